The van der Waals surface area contributed by atoms with Gasteiger partial charge in [0.15, 0.2) is 6.23 Å². The van der Waals surface area contributed by atoms with Gasteiger partial charge >= 0.3 is 0 Å². The molecule has 0 aliphatic carbocycles. The smallest absolute Gasteiger partial charge is 0.218 e. The number of aliphatic hydroxyl groups is 1. The predicted octanol–water partition coefficient (Wildman–Crippen LogP) is 1.87. The minimum absolute atomic E-state index is 0.253. The van der Waals surface area contributed by atoms with Crippen LogP contribution in [0, 0.1) is 0 Å². The molecule has 0 unspecified atom stereocenters. The molecule has 0 aromatic heterocycles. The molecular formula is C12H16ClNO3. The summed E-state index contributed by atoms with van der Waals surface area (Å²) in [5.74, 6) is -0.253. The van der Waals surface area contributed by atoms with Gasteiger partial charge in [-0.2, -0.15) is 0 Å². The van der Waals surface area contributed by atoms with Crippen LogP contribution < -0.4 is 5.32 Å². The number of benzene rings is 1. The van der Waals surface area contributed by atoms with E-state index in [0.717, 1.165) is 0 Å². The van der Waals surface area contributed by atoms with Crippen LogP contribution >= 0.6 is 11.6 Å². The molecule has 94 valence electrons. The Morgan fingerprint density at radius 3 is 2.53 bits per heavy atom. The third kappa shape index (κ3) is 4.34. The Balaban J connectivity index is 2.79. The topological polar surface area (TPSA) is 58.6 Å². The van der Waals surface area contributed by atoms with Crippen LogP contribution in [-0.4, -0.2) is 23.8 Å². The maximum absolute atomic E-state index is 11.0. The van der Waals surface area contributed by atoms with Gasteiger partial charge in [-0.1, -0.05) is 23.7 Å². The summed E-state index contributed by atoms with van der Waals surface area (Å²) in [6.07, 6.45) is -1.67. The number of rotatable bonds is 5. The first-order valence-corrected chi connectivity index (χ1v) is 5.74. The van der Waals surface area contributed by atoms with Gasteiger partial charge < -0.3 is 15.2 Å². The third-order valence-electron chi connectivity index (χ3n) is 2.19. The maximum Gasteiger partial charge on any atom is 0.218 e. The number of halogens is 1. The second-order valence-electron chi connectivity index (χ2n) is 3.57. The number of ether oxygens (including phenoxy) is 1. The molecule has 0 spiro atoms. The lowest BCUT2D eigenvalue weighted by molar-refractivity contribution is -0.128. The lowest BCUT2D eigenvalue weighted by atomic mass is 10.1. The van der Waals surface area contributed by atoms with Crippen LogP contribution in [0.25, 0.3) is 0 Å². The van der Waals surface area contributed by atoms with Crippen molar-refractivity contribution in [3.8, 4) is 0 Å². The van der Waals surface area contributed by atoms with Gasteiger partial charge in [0.25, 0.3) is 0 Å². The van der Waals surface area contributed by atoms with Crippen LogP contribution in [0.1, 0.15) is 25.5 Å². The summed E-state index contributed by atoms with van der Waals surface area (Å²) < 4.78 is 5.28. The fourth-order valence-electron chi connectivity index (χ4n) is 1.43. The molecule has 1 aromatic rings. The van der Waals surface area contributed by atoms with Gasteiger partial charge in [0, 0.05) is 18.6 Å². The largest absolute Gasteiger partial charge is 0.384 e. The summed E-state index contributed by atoms with van der Waals surface area (Å²) in [5.41, 5.74) is 0.640. The minimum atomic E-state index is -0.920. The van der Waals surface area contributed by atoms with Crippen LogP contribution in [0.5, 0.6) is 0 Å². The van der Waals surface area contributed by atoms with E-state index in [0.29, 0.717) is 17.2 Å². The van der Waals surface area contributed by atoms with Crippen molar-refractivity contribution >= 4 is 17.5 Å². The summed E-state index contributed by atoms with van der Waals surface area (Å²) in [4.78, 5) is 11.0. The maximum atomic E-state index is 11.0. The molecule has 0 saturated heterocycles. The van der Waals surface area contributed by atoms with E-state index in [9.17, 15) is 9.90 Å². The summed E-state index contributed by atoms with van der Waals surface area (Å²) >= 11 is 5.76. The molecule has 0 aliphatic rings. The molecule has 1 amide bonds. The van der Waals surface area contributed by atoms with Crippen molar-refractivity contribution in [2.24, 2.45) is 0 Å². The highest BCUT2D eigenvalue weighted by Crippen LogP contribution is 2.20. The molecule has 2 N–H and O–H groups in total. The van der Waals surface area contributed by atoms with E-state index in [2.05, 4.69) is 5.32 Å². The highest BCUT2D eigenvalue weighted by molar-refractivity contribution is 6.30. The lowest BCUT2D eigenvalue weighted by Crippen LogP contribution is -2.40. The number of carbonyl (C=O) groups excluding carboxylic acids is 1. The lowest BCUT2D eigenvalue weighted by Gasteiger charge is -2.23. The van der Waals surface area contributed by atoms with Gasteiger partial charge in [0.2, 0.25) is 5.91 Å². The van der Waals surface area contributed by atoms with Gasteiger partial charge in [0.05, 0.1) is 0 Å². The molecule has 0 saturated carbocycles. The predicted molar refractivity (Wildman–Crippen MR) is 65.6 cm³/mol. The second kappa shape index (κ2) is 6.59. The zero-order valence-electron chi connectivity index (χ0n) is 9.81. The molecule has 0 aliphatic heterocycles. The number of aliphatic hydroxyl groups excluding tert-OH is 1. The molecule has 1 aromatic carbocycles. The summed E-state index contributed by atoms with van der Waals surface area (Å²) in [7, 11) is 0. The zero-order valence-corrected chi connectivity index (χ0v) is 10.6. The normalized spacial score (nSPS) is 14.1. The zero-order chi connectivity index (χ0) is 12.8. The number of hydrogen-bond acceptors (Lipinski definition) is 3. The molecule has 1 rings (SSSR count). The molecule has 5 heteroatoms. The average Bonchev–Trinajstić information content (AvgIpc) is 2.28. The second-order valence-corrected chi connectivity index (χ2v) is 4.01. The monoisotopic (exact) mass is 257 g/mol. The molecule has 0 heterocycles. The molecule has 2 atom stereocenters. The van der Waals surface area contributed by atoms with E-state index in [1.807, 2.05) is 0 Å². The van der Waals surface area contributed by atoms with Crippen molar-refractivity contribution in [1.82, 2.24) is 5.32 Å². The fraction of sp³-hybridized carbons (Fsp3) is 0.417. The molecule has 0 radical (unpaired) electrons. The van der Waals surface area contributed by atoms with E-state index < -0.39 is 12.3 Å². The van der Waals surface area contributed by atoms with Gasteiger partial charge in [-0.15, -0.1) is 0 Å². The van der Waals surface area contributed by atoms with Gasteiger partial charge in [-0.25, -0.2) is 0 Å². The van der Waals surface area contributed by atoms with Crippen LogP contribution in [-0.2, 0) is 9.53 Å². The van der Waals surface area contributed by atoms with Crippen molar-refractivity contribution in [2.75, 3.05) is 6.61 Å². The van der Waals surface area contributed by atoms with Gasteiger partial charge in [-0.05, 0) is 24.6 Å². The van der Waals surface area contributed by atoms with E-state index in [1.165, 1.54) is 6.92 Å². The SMILES string of the molecule is CCO[C@@H](NC(C)=O)[C@H](O)c1ccc(Cl)cc1. The quantitative estimate of drug-likeness (QED) is 0.792. The number of amides is 1. The van der Waals surface area contributed by atoms with Crippen molar-refractivity contribution < 1.29 is 14.6 Å². The first-order chi connectivity index (χ1) is 8.04. The third-order valence-corrected chi connectivity index (χ3v) is 2.44. The molecule has 0 fully saturated rings. The average molecular weight is 258 g/mol. The molecule has 17 heavy (non-hydrogen) atoms. The van der Waals surface area contributed by atoms with E-state index in [-0.39, 0.29) is 5.91 Å². The van der Waals surface area contributed by atoms with Crippen LogP contribution in [0.4, 0.5) is 0 Å². The Labute approximate surface area is 106 Å². The Kier molecular flexibility index (Phi) is 5.41. The summed E-state index contributed by atoms with van der Waals surface area (Å²) in [6, 6.07) is 6.75. The Morgan fingerprint density at radius 1 is 1.47 bits per heavy atom. The van der Waals surface area contributed by atoms with E-state index in [4.69, 9.17) is 16.3 Å². The van der Waals surface area contributed by atoms with Gasteiger partial charge in [0.1, 0.15) is 6.10 Å². The molecule has 0 bridgehead atoms. The van der Waals surface area contributed by atoms with Crippen molar-refractivity contribution in [3.63, 3.8) is 0 Å². The van der Waals surface area contributed by atoms with Crippen molar-refractivity contribution in [2.45, 2.75) is 26.2 Å². The van der Waals surface area contributed by atoms with E-state index in [1.54, 1.807) is 31.2 Å². The summed E-state index contributed by atoms with van der Waals surface area (Å²) in [5, 5.41) is 13.2. The fourth-order valence-corrected chi connectivity index (χ4v) is 1.55. The highest BCUT2D eigenvalue weighted by atomic mass is 35.5. The summed E-state index contributed by atoms with van der Waals surface area (Å²) in [6.45, 7) is 3.57. The first-order valence-electron chi connectivity index (χ1n) is 5.36. The van der Waals surface area contributed by atoms with Crippen molar-refractivity contribution in [1.29, 1.82) is 0 Å². The Bertz CT molecular complexity index is 367. The molecular weight excluding hydrogens is 242 g/mol. The molecule has 4 nitrogen and oxygen atoms in total. The van der Waals surface area contributed by atoms with Crippen LogP contribution in [0.2, 0.25) is 5.02 Å². The number of nitrogens with one attached hydrogen (secondary N) is 1. The Morgan fingerprint density at radius 2 is 2.06 bits per heavy atom. The first kappa shape index (κ1) is 14.0. The standard InChI is InChI=1S/C12H16ClNO3/c1-3-17-12(14-8(2)15)11(16)9-4-6-10(13)7-5-9/h4-7,11-12,16H,3H2,1-2H3,(H,14,15)/t11-,12-/m1/s1. The number of carbonyl (C=O) groups is 1. The van der Waals surface area contributed by atoms with Crippen molar-refractivity contribution in [3.05, 3.63) is 34.9 Å². The van der Waals surface area contributed by atoms with Crippen LogP contribution in [0.3, 0.4) is 0 Å². The highest BCUT2D eigenvalue weighted by Gasteiger charge is 2.21. The van der Waals surface area contributed by atoms with Crippen LogP contribution in [0.15, 0.2) is 24.3 Å². The minimum Gasteiger partial charge on any atom is -0.384 e. The Hall–Kier alpha value is -1.10. The van der Waals surface area contributed by atoms with E-state index >= 15 is 0 Å². The van der Waals surface area contributed by atoms with Gasteiger partial charge in [-0.3, -0.25) is 4.79 Å². The number of hydrogen-bond donors (Lipinski definition) is 2.